The summed E-state index contributed by atoms with van der Waals surface area (Å²) in [5.74, 6) is 0. The van der Waals surface area contributed by atoms with E-state index >= 15 is 0 Å². The number of benzene rings is 2. The molecule has 3 rings (SSSR count). The van der Waals surface area contributed by atoms with Crippen LogP contribution in [0.4, 0.5) is 17.1 Å². The molecular formula is C12H12KN2OS-. The number of fused-ring (bicyclic) bond motifs is 2. The summed E-state index contributed by atoms with van der Waals surface area (Å²) < 4.78 is 0. The van der Waals surface area contributed by atoms with Crippen molar-refractivity contribution in [3.05, 3.63) is 42.5 Å². The van der Waals surface area contributed by atoms with E-state index in [2.05, 4.69) is 11.4 Å². The maximum atomic E-state index is 8.97. The SMILES string of the molecule is O[NH2+]c1ccc2c(c1)Sc1c[c-]ccc1N2.[H-].[H-].[K+]. The molecule has 4 N–H and O–H groups in total. The molecule has 0 amide bonds. The summed E-state index contributed by atoms with van der Waals surface area (Å²) in [6, 6.07) is 14.8. The van der Waals surface area contributed by atoms with E-state index in [4.69, 9.17) is 5.21 Å². The summed E-state index contributed by atoms with van der Waals surface area (Å²) in [6.07, 6.45) is 0. The molecule has 0 fully saturated rings. The Morgan fingerprint density at radius 2 is 2.06 bits per heavy atom. The van der Waals surface area contributed by atoms with Crippen molar-refractivity contribution in [2.75, 3.05) is 5.32 Å². The standard InChI is InChI=1S/C12H9N2OS.K.2H/c15-14-8-5-6-10-12(7-8)16-11-4-2-1-3-9(11)13-10;;;/h1,3-7,13-15H;;;/q-1;+1;2*-1/p+1. The maximum absolute atomic E-state index is 8.97. The van der Waals surface area contributed by atoms with Gasteiger partial charge in [-0.2, -0.15) is 35.4 Å². The Hall–Kier alpha value is 0.146. The van der Waals surface area contributed by atoms with Crippen LogP contribution in [0.3, 0.4) is 0 Å². The van der Waals surface area contributed by atoms with Crippen molar-refractivity contribution in [2.45, 2.75) is 9.79 Å². The first-order valence-electron chi connectivity index (χ1n) is 4.93. The van der Waals surface area contributed by atoms with E-state index in [0.29, 0.717) is 0 Å². The van der Waals surface area contributed by atoms with Crippen LogP contribution < -0.4 is 62.2 Å². The van der Waals surface area contributed by atoms with Crippen LogP contribution in [0.1, 0.15) is 2.85 Å². The van der Waals surface area contributed by atoms with Gasteiger partial charge in [-0.25, -0.2) is 5.21 Å². The first-order valence-corrected chi connectivity index (χ1v) is 5.75. The van der Waals surface area contributed by atoms with E-state index < -0.39 is 0 Å². The van der Waals surface area contributed by atoms with E-state index in [0.717, 1.165) is 32.3 Å². The molecule has 0 saturated heterocycles. The molecule has 2 aromatic rings. The number of rotatable bonds is 1. The Morgan fingerprint density at radius 3 is 2.88 bits per heavy atom. The molecule has 1 aliphatic heterocycles. The average molecular weight is 271 g/mol. The van der Waals surface area contributed by atoms with E-state index in [1.165, 1.54) is 0 Å². The second-order valence-electron chi connectivity index (χ2n) is 3.53. The molecule has 84 valence electrons. The van der Waals surface area contributed by atoms with Crippen LogP contribution in [-0.2, 0) is 0 Å². The van der Waals surface area contributed by atoms with Gasteiger partial charge in [0.05, 0.1) is 5.69 Å². The van der Waals surface area contributed by atoms with Gasteiger partial charge in [-0.3, -0.25) is 0 Å². The summed E-state index contributed by atoms with van der Waals surface area (Å²) in [5.41, 5.74) is 4.12. The number of hydrogen-bond acceptors (Lipinski definition) is 3. The molecule has 0 spiro atoms. The van der Waals surface area contributed by atoms with Crippen molar-refractivity contribution in [3.8, 4) is 0 Å². The van der Waals surface area contributed by atoms with Gasteiger partial charge < -0.3 is 8.17 Å². The van der Waals surface area contributed by atoms with Crippen molar-refractivity contribution >= 4 is 28.8 Å². The van der Waals surface area contributed by atoms with Crippen LogP contribution in [-0.4, -0.2) is 5.21 Å². The van der Waals surface area contributed by atoms with Gasteiger partial charge in [0.25, 0.3) is 0 Å². The first kappa shape index (κ1) is 13.6. The number of hydrogen-bond donors (Lipinski definition) is 3. The topological polar surface area (TPSA) is 48.9 Å². The molecule has 17 heavy (non-hydrogen) atoms. The third-order valence-corrected chi connectivity index (χ3v) is 3.59. The van der Waals surface area contributed by atoms with Crippen LogP contribution in [0.25, 0.3) is 0 Å². The molecule has 1 heterocycles. The van der Waals surface area contributed by atoms with Gasteiger partial charge in [-0.1, -0.05) is 10.6 Å². The summed E-state index contributed by atoms with van der Waals surface area (Å²) in [7, 11) is 0. The molecule has 0 bridgehead atoms. The fourth-order valence-corrected chi connectivity index (χ4v) is 2.69. The van der Waals surface area contributed by atoms with Crippen molar-refractivity contribution in [1.29, 1.82) is 0 Å². The Bertz CT molecular complexity index is 557. The molecule has 0 unspecified atom stereocenters. The van der Waals surface area contributed by atoms with Gasteiger partial charge in [-0.15, -0.1) is 6.07 Å². The van der Waals surface area contributed by atoms with E-state index in [1.807, 2.05) is 36.4 Å². The Labute approximate surface area is 149 Å². The van der Waals surface area contributed by atoms with Gasteiger partial charge in [0.2, 0.25) is 0 Å². The van der Waals surface area contributed by atoms with Gasteiger partial charge in [0.1, 0.15) is 0 Å². The quantitative estimate of drug-likeness (QED) is 0.242. The Kier molecular flexibility index (Phi) is 4.68. The number of nitrogens with two attached hydrogens (primary N) is 1. The molecule has 1 aliphatic rings. The van der Waals surface area contributed by atoms with E-state index in [-0.39, 0.29) is 54.2 Å². The average Bonchev–Trinajstić information content (AvgIpc) is 2.35. The predicted molar refractivity (Wildman–Crippen MR) is 64.7 cm³/mol. The summed E-state index contributed by atoms with van der Waals surface area (Å²) in [5, 5.41) is 12.3. The molecule has 3 nitrogen and oxygen atoms in total. The summed E-state index contributed by atoms with van der Waals surface area (Å²) >= 11 is 1.69. The van der Waals surface area contributed by atoms with Gasteiger partial charge in [0.15, 0.2) is 5.69 Å². The molecule has 0 aliphatic carbocycles. The van der Waals surface area contributed by atoms with Gasteiger partial charge >= 0.3 is 51.4 Å². The molecule has 0 atom stereocenters. The number of quaternary nitrogens is 1. The van der Waals surface area contributed by atoms with Crippen molar-refractivity contribution in [1.82, 2.24) is 0 Å². The van der Waals surface area contributed by atoms with Crippen LogP contribution >= 0.6 is 11.8 Å². The number of nitrogens with one attached hydrogen (secondary N) is 1. The minimum Gasteiger partial charge on any atom is -1.00 e. The smallest absolute Gasteiger partial charge is 1.00 e. The Balaban J connectivity index is 0.00000108. The van der Waals surface area contributed by atoms with Crippen LogP contribution in [0.2, 0.25) is 0 Å². The van der Waals surface area contributed by atoms with Crippen LogP contribution in [0, 0.1) is 6.07 Å². The largest absolute Gasteiger partial charge is 1.00 e. The second kappa shape index (κ2) is 5.86. The van der Waals surface area contributed by atoms with Gasteiger partial charge in [0, 0.05) is 17.0 Å². The minimum absolute atomic E-state index is 0. The normalized spacial score (nSPS) is 11.8. The van der Waals surface area contributed by atoms with E-state index in [1.54, 1.807) is 11.8 Å². The number of anilines is 2. The Morgan fingerprint density at radius 1 is 1.24 bits per heavy atom. The zero-order chi connectivity index (χ0) is 11.0. The zero-order valence-electron chi connectivity index (χ0n) is 11.4. The molecule has 2 aromatic carbocycles. The maximum Gasteiger partial charge on any atom is 1.00 e. The molecule has 0 aromatic heterocycles. The summed E-state index contributed by atoms with van der Waals surface area (Å²) in [4.78, 5) is 2.28. The molecule has 0 saturated carbocycles. The molecule has 5 heteroatoms. The third-order valence-electron chi connectivity index (χ3n) is 2.47. The molecule has 0 radical (unpaired) electrons. The minimum atomic E-state index is 0. The van der Waals surface area contributed by atoms with Gasteiger partial charge in [-0.05, 0) is 6.07 Å². The fourth-order valence-electron chi connectivity index (χ4n) is 1.67. The predicted octanol–water partition coefficient (Wildman–Crippen LogP) is -0.492. The first-order chi connectivity index (χ1) is 7.86. The second-order valence-corrected chi connectivity index (χ2v) is 4.62. The third kappa shape index (κ3) is 2.77. The van der Waals surface area contributed by atoms with Crippen LogP contribution in [0.15, 0.2) is 46.2 Å². The van der Waals surface area contributed by atoms with Crippen LogP contribution in [0.5, 0.6) is 0 Å². The summed E-state index contributed by atoms with van der Waals surface area (Å²) in [6.45, 7) is 0. The zero-order valence-corrected chi connectivity index (χ0v) is 13.3. The molecular weight excluding hydrogens is 259 g/mol. The fraction of sp³-hybridized carbons (Fsp3) is 0. The van der Waals surface area contributed by atoms with E-state index in [9.17, 15) is 0 Å². The monoisotopic (exact) mass is 271 g/mol. The van der Waals surface area contributed by atoms with Crippen molar-refractivity contribution in [3.63, 3.8) is 0 Å². The van der Waals surface area contributed by atoms with Crippen molar-refractivity contribution in [2.24, 2.45) is 0 Å². The van der Waals surface area contributed by atoms with Crippen molar-refractivity contribution < 1.29 is 64.9 Å².